The number of rotatable bonds is 5. The number of nitrogens with zero attached hydrogens (tertiary/aromatic N) is 3. The standard InChI is InChI=1S/C13H20N4O4/c1-15-4-6-16(7-5-15)14-10-8-12(20-2)13(21-3)9-11(10)17(18)19/h8-9,14H,4-7H2,1-3H3. The van der Waals surface area contributed by atoms with Crippen LogP contribution in [0.3, 0.4) is 0 Å². The fraction of sp³-hybridized carbons (Fsp3) is 0.538. The average molecular weight is 296 g/mol. The second kappa shape index (κ2) is 6.59. The minimum absolute atomic E-state index is 0.0356. The smallest absolute Gasteiger partial charge is 0.297 e. The first-order valence-electron chi connectivity index (χ1n) is 6.65. The molecule has 8 nitrogen and oxygen atoms in total. The maximum atomic E-state index is 11.2. The van der Waals surface area contributed by atoms with E-state index in [0.29, 0.717) is 17.2 Å². The van der Waals surface area contributed by atoms with Crippen molar-refractivity contribution in [2.24, 2.45) is 0 Å². The Kier molecular flexibility index (Phi) is 4.81. The van der Waals surface area contributed by atoms with E-state index in [2.05, 4.69) is 17.4 Å². The van der Waals surface area contributed by atoms with Gasteiger partial charge in [0.1, 0.15) is 5.69 Å². The predicted octanol–water partition coefficient (Wildman–Crippen LogP) is 1.19. The number of hydrogen-bond donors (Lipinski definition) is 1. The number of piperazine rings is 1. The zero-order chi connectivity index (χ0) is 15.4. The number of hydrogen-bond acceptors (Lipinski definition) is 7. The molecule has 8 heteroatoms. The fourth-order valence-electron chi connectivity index (χ4n) is 2.20. The second-order valence-corrected chi connectivity index (χ2v) is 4.88. The second-order valence-electron chi connectivity index (χ2n) is 4.88. The summed E-state index contributed by atoms with van der Waals surface area (Å²) in [7, 11) is 5.01. The molecular weight excluding hydrogens is 276 g/mol. The van der Waals surface area contributed by atoms with Gasteiger partial charge < -0.3 is 19.8 Å². The number of anilines is 1. The highest BCUT2D eigenvalue weighted by Crippen LogP contribution is 2.37. The molecule has 1 saturated heterocycles. The summed E-state index contributed by atoms with van der Waals surface area (Å²) in [4.78, 5) is 13.0. The van der Waals surface area contributed by atoms with Crippen molar-refractivity contribution in [3.05, 3.63) is 22.2 Å². The van der Waals surface area contributed by atoms with Crippen molar-refractivity contribution in [1.29, 1.82) is 0 Å². The molecule has 0 amide bonds. The van der Waals surface area contributed by atoms with E-state index in [0.717, 1.165) is 26.2 Å². The molecule has 2 rings (SSSR count). The van der Waals surface area contributed by atoms with Crippen LogP contribution in [0.1, 0.15) is 0 Å². The molecule has 0 bridgehead atoms. The molecular formula is C13H20N4O4. The van der Waals surface area contributed by atoms with Crippen LogP contribution < -0.4 is 14.9 Å². The Morgan fingerprint density at radius 1 is 1.14 bits per heavy atom. The minimum atomic E-state index is -0.430. The number of nitrogens with one attached hydrogen (secondary N) is 1. The lowest BCUT2D eigenvalue weighted by atomic mass is 10.2. The Hall–Kier alpha value is -2.06. The lowest BCUT2D eigenvalue weighted by molar-refractivity contribution is -0.384. The minimum Gasteiger partial charge on any atom is -0.493 e. The molecule has 0 atom stereocenters. The quantitative estimate of drug-likeness (QED) is 0.645. The molecule has 21 heavy (non-hydrogen) atoms. The number of methoxy groups -OCH3 is 2. The topological polar surface area (TPSA) is 80.1 Å². The molecule has 0 radical (unpaired) electrons. The first-order valence-corrected chi connectivity index (χ1v) is 6.65. The molecule has 0 saturated carbocycles. The van der Waals surface area contributed by atoms with Crippen LogP contribution in [0.25, 0.3) is 0 Å². The van der Waals surface area contributed by atoms with Gasteiger partial charge in [-0.05, 0) is 7.05 Å². The number of nitro groups is 1. The van der Waals surface area contributed by atoms with Crippen LogP contribution >= 0.6 is 0 Å². The van der Waals surface area contributed by atoms with E-state index >= 15 is 0 Å². The molecule has 0 unspecified atom stereocenters. The molecule has 1 aliphatic heterocycles. The summed E-state index contributed by atoms with van der Waals surface area (Å²) >= 11 is 0. The zero-order valence-corrected chi connectivity index (χ0v) is 12.5. The molecule has 1 aromatic carbocycles. The van der Waals surface area contributed by atoms with Crippen LogP contribution in [0.15, 0.2) is 12.1 Å². The van der Waals surface area contributed by atoms with Crippen LogP contribution in [0.2, 0.25) is 0 Å². The maximum absolute atomic E-state index is 11.2. The highest BCUT2D eigenvalue weighted by molar-refractivity contribution is 5.68. The van der Waals surface area contributed by atoms with Crippen molar-refractivity contribution < 1.29 is 14.4 Å². The van der Waals surface area contributed by atoms with Crippen molar-refractivity contribution in [3.8, 4) is 11.5 Å². The molecule has 1 aliphatic rings. The third kappa shape index (κ3) is 3.53. The Morgan fingerprint density at radius 2 is 1.71 bits per heavy atom. The van der Waals surface area contributed by atoms with Gasteiger partial charge in [0.2, 0.25) is 0 Å². The van der Waals surface area contributed by atoms with E-state index in [1.807, 2.05) is 5.01 Å². The van der Waals surface area contributed by atoms with Crippen molar-refractivity contribution in [1.82, 2.24) is 9.91 Å². The zero-order valence-electron chi connectivity index (χ0n) is 12.5. The summed E-state index contributed by atoms with van der Waals surface area (Å²) in [6.45, 7) is 3.41. The molecule has 1 aromatic rings. The first-order chi connectivity index (χ1) is 10.0. The summed E-state index contributed by atoms with van der Waals surface area (Å²) in [6, 6.07) is 2.96. The highest BCUT2D eigenvalue weighted by Gasteiger charge is 2.22. The monoisotopic (exact) mass is 296 g/mol. The van der Waals surface area contributed by atoms with Gasteiger partial charge >= 0.3 is 0 Å². The van der Waals surface area contributed by atoms with Gasteiger partial charge in [-0.1, -0.05) is 0 Å². The van der Waals surface area contributed by atoms with Crippen LogP contribution in [-0.4, -0.2) is 62.3 Å². The largest absolute Gasteiger partial charge is 0.493 e. The summed E-state index contributed by atoms with van der Waals surface area (Å²) in [5.41, 5.74) is 3.48. The van der Waals surface area contributed by atoms with E-state index < -0.39 is 4.92 Å². The van der Waals surface area contributed by atoms with E-state index in [-0.39, 0.29) is 5.69 Å². The summed E-state index contributed by atoms with van der Waals surface area (Å²) in [5.74, 6) is 0.799. The molecule has 1 heterocycles. The molecule has 0 aromatic heterocycles. The summed E-state index contributed by atoms with van der Waals surface area (Å²) in [6.07, 6.45) is 0. The predicted molar refractivity (Wildman–Crippen MR) is 78.9 cm³/mol. The van der Waals surface area contributed by atoms with E-state index in [9.17, 15) is 10.1 Å². The van der Waals surface area contributed by atoms with Crippen molar-refractivity contribution in [3.63, 3.8) is 0 Å². The van der Waals surface area contributed by atoms with Crippen LogP contribution in [0.5, 0.6) is 11.5 Å². The Labute approximate surface area is 123 Å². The van der Waals surface area contributed by atoms with Gasteiger partial charge in [0.05, 0.1) is 25.2 Å². The van der Waals surface area contributed by atoms with Gasteiger partial charge in [-0.3, -0.25) is 10.1 Å². The van der Waals surface area contributed by atoms with Gasteiger partial charge in [-0.2, -0.15) is 0 Å². The molecule has 0 spiro atoms. The lowest BCUT2D eigenvalue weighted by Gasteiger charge is -2.33. The van der Waals surface area contributed by atoms with Crippen molar-refractivity contribution in [2.75, 3.05) is 52.9 Å². The van der Waals surface area contributed by atoms with Crippen molar-refractivity contribution >= 4 is 11.4 Å². The lowest BCUT2D eigenvalue weighted by Crippen LogP contribution is -2.47. The van der Waals surface area contributed by atoms with E-state index in [4.69, 9.17) is 9.47 Å². The van der Waals surface area contributed by atoms with Gasteiger partial charge in [0, 0.05) is 32.2 Å². The number of hydrazine groups is 1. The first kappa shape index (κ1) is 15.3. The molecule has 116 valence electrons. The number of nitro benzene ring substituents is 1. The molecule has 1 N–H and O–H groups in total. The summed E-state index contributed by atoms with van der Waals surface area (Å²) < 4.78 is 10.3. The Balaban J connectivity index is 2.26. The van der Waals surface area contributed by atoms with E-state index in [1.54, 1.807) is 6.07 Å². The van der Waals surface area contributed by atoms with Crippen LogP contribution in [0.4, 0.5) is 11.4 Å². The fourth-order valence-corrected chi connectivity index (χ4v) is 2.20. The number of ether oxygens (including phenoxy) is 2. The van der Waals surface area contributed by atoms with Crippen LogP contribution in [-0.2, 0) is 0 Å². The van der Waals surface area contributed by atoms with Gasteiger partial charge in [-0.15, -0.1) is 0 Å². The maximum Gasteiger partial charge on any atom is 0.297 e. The molecule has 1 fully saturated rings. The molecule has 0 aliphatic carbocycles. The average Bonchev–Trinajstić information content (AvgIpc) is 2.48. The third-order valence-corrected chi connectivity index (χ3v) is 3.48. The SMILES string of the molecule is COc1cc(NN2CCN(C)CC2)c([N+](=O)[O-])cc1OC. The Bertz CT molecular complexity index is 515. The van der Waals surface area contributed by atoms with Gasteiger partial charge in [0.15, 0.2) is 11.5 Å². The van der Waals surface area contributed by atoms with Crippen molar-refractivity contribution in [2.45, 2.75) is 0 Å². The Morgan fingerprint density at radius 3 is 2.24 bits per heavy atom. The van der Waals surface area contributed by atoms with Gasteiger partial charge in [0.25, 0.3) is 5.69 Å². The number of benzene rings is 1. The third-order valence-electron chi connectivity index (χ3n) is 3.48. The van der Waals surface area contributed by atoms with E-state index in [1.165, 1.54) is 20.3 Å². The number of likely N-dealkylation sites (N-methyl/N-ethyl adjacent to an activating group) is 1. The highest BCUT2D eigenvalue weighted by atomic mass is 16.6. The normalized spacial score (nSPS) is 16.5. The van der Waals surface area contributed by atoms with Gasteiger partial charge in [-0.25, -0.2) is 5.01 Å². The summed E-state index contributed by atoms with van der Waals surface area (Å²) in [5, 5.41) is 13.2. The van der Waals surface area contributed by atoms with Crippen LogP contribution in [0, 0.1) is 10.1 Å².